The van der Waals surface area contributed by atoms with Gasteiger partial charge in [-0.2, -0.15) is 0 Å². The van der Waals surface area contributed by atoms with Crippen molar-refractivity contribution in [3.05, 3.63) is 23.8 Å². The molecule has 0 spiro atoms. The molecule has 0 bridgehead atoms. The number of rotatable bonds is 3. The van der Waals surface area contributed by atoms with Crippen molar-refractivity contribution >= 4 is 5.91 Å². The molecule has 5 heteroatoms. The summed E-state index contributed by atoms with van der Waals surface area (Å²) in [5.41, 5.74) is 0.344. The molecule has 0 radical (unpaired) electrons. The molecule has 98 valence electrons. The van der Waals surface area contributed by atoms with E-state index in [1.165, 1.54) is 18.2 Å². The zero-order valence-corrected chi connectivity index (χ0v) is 10.4. The van der Waals surface area contributed by atoms with Crippen LogP contribution in [-0.4, -0.2) is 35.8 Å². The van der Waals surface area contributed by atoms with Gasteiger partial charge in [-0.1, -0.05) is 6.92 Å². The van der Waals surface area contributed by atoms with Gasteiger partial charge in [-0.15, -0.1) is 0 Å². The molecule has 1 atom stereocenters. The molecule has 0 saturated carbocycles. The molecule has 1 saturated heterocycles. The molecule has 1 aliphatic rings. The minimum Gasteiger partial charge on any atom is -0.508 e. The van der Waals surface area contributed by atoms with Crippen molar-refractivity contribution in [2.45, 2.75) is 13.3 Å². The molecule has 1 aliphatic heterocycles. The Morgan fingerprint density at radius 3 is 2.61 bits per heavy atom. The number of nitrogens with one attached hydrogen (secondary N) is 2. The first-order valence-electron chi connectivity index (χ1n) is 6.00. The molecule has 0 aromatic heterocycles. The van der Waals surface area contributed by atoms with Crippen LogP contribution in [0.4, 0.5) is 0 Å². The van der Waals surface area contributed by atoms with Crippen LogP contribution in [-0.2, 0) is 0 Å². The fourth-order valence-electron chi connectivity index (χ4n) is 2.14. The lowest BCUT2D eigenvalue weighted by molar-refractivity contribution is 0.0936. The Hall–Kier alpha value is -1.75. The minimum absolute atomic E-state index is 0.0779. The maximum absolute atomic E-state index is 11.9. The Morgan fingerprint density at radius 1 is 1.39 bits per heavy atom. The standard InChI is InChI=1S/C13H18N2O3/c1-13(2-3-14-7-13)8-15-12(18)9-4-10(16)6-11(17)5-9/h4-6,14,16-17H,2-3,7-8H2,1H3,(H,15,18). The molecular weight excluding hydrogens is 232 g/mol. The molecule has 18 heavy (non-hydrogen) atoms. The van der Waals surface area contributed by atoms with E-state index in [4.69, 9.17) is 0 Å². The second kappa shape index (κ2) is 4.86. The van der Waals surface area contributed by atoms with Gasteiger partial charge in [0.25, 0.3) is 5.91 Å². The molecule has 1 aromatic carbocycles. The van der Waals surface area contributed by atoms with Gasteiger partial charge in [0.05, 0.1) is 0 Å². The predicted octanol–water partition coefficient (Wildman–Crippen LogP) is 0.827. The van der Waals surface area contributed by atoms with Crippen LogP contribution in [0.5, 0.6) is 11.5 Å². The second-order valence-corrected chi connectivity index (χ2v) is 5.16. The lowest BCUT2D eigenvalue weighted by atomic mass is 9.90. The van der Waals surface area contributed by atoms with E-state index in [9.17, 15) is 15.0 Å². The van der Waals surface area contributed by atoms with Crippen LogP contribution >= 0.6 is 0 Å². The fraction of sp³-hybridized carbons (Fsp3) is 0.462. The van der Waals surface area contributed by atoms with E-state index in [-0.39, 0.29) is 28.4 Å². The van der Waals surface area contributed by atoms with Gasteiger partial charge >= 0.3 is 0 Å². The molecule has 0 aliphatic carbocycles. The van der Waals surface area contributed by atoms with Crippen molar-refractivity contribution in [2.75, 3.05) is 19.6 Å². The molecule has 1 heterocycles. The SMILES string of the molecule is CC1(CNC(=O)c2cc(O)cc(O)c2)CCNC1. The third-order valence-electron chi connectivity index (χ3n) is 3.30. The lowest BCUT2D eigenvalue weighted by Gasteiger charge is -2.22. The average Bonchev–Trinajstić information content (AvgIpc) is 2.72. The number of amides is 1. The highest BCUT2D eigenvalue weighted by atomic mass is 16.3. The van der Waals surface area contributed by atoms with Crippen molar-refractivity contribution in [1.82, 2.24) is 10.6 Å². The van der Waals surface area contributed by atoms with Gasteiger partial charge in [0.2, 0.25) is 0 Å². The largest absolute Gasteiger partial charge is 0.508 e. The van der Waals surface area contributed by atoms with Crippen LogP contribution in [0.15, 0.2) is 18.2 Å². The van der Waals surface area contributed by atoms with Crippen molar-refractivity contribution in [3.8, 4) is 11.5 Å². The van der Waals surface area contributed by atoms with Crippen molar-refractivity contribution in [2.24, 2.45) is 5.41 Å². The summed E-state index contributed by atoms with van der Waals surface area (Å²) >= 11 is 0. The van der Waals surface area contributed by atoms with Crippen molar-refractivity contribution in [1.29, 1.82) is 0 Å². The van der Waals surface area contributed by atoms with E-state index in [2.05, 4.69) is 17.6 Å². The summed E-state index contributed by atoms with van der Waals surface area (Å²) in [4.78, 5) is 11.9. The van der Waals surface area contributed by atoms with Crippen LogP contribution < -0.4 is 10.6 Å². The summed E-state index contributed by atoms with van der Waals surface area (Å²) < 4.78 is 0. The van der Waals surface area contributed by atoms with Crippen molar-refractivity contribution < 1.29 is 15.0 Å². The Balaban J connectivity index is 1.99. The van der Waals surface area contributed by atoms with Crippen LogP contribution in [0, 0.1) is 5.41 Å². The molecule has 1 aromatic rings. The van der Waals surface area contributed by atoms with Gasteiger partial charge in [0, 0.05) is 24.7 Å². The maximum atomic E-state index is 11.9. The molecule has 1 amide bonds. The minimum atomic E-state index is -0.283. The fourth-order valence-corrected chi connectivity index (χ4v) is 2.14. The van der Waals surface area contributed by atoms with Crippen LogP contribution in [0.25, 0.3) is 0 Å². The highest BCUT2D eigenvalue weighted by Crippen LogP contribution is 2.24. The van der Waals surface area contributed by atoms with Gasteiger partial charge in [0.1, 0.15) is 11.5 Å². The summed E-state index contributed by atoms with van der Waals surface area (Å²) in [6.07, 6.45) is 1.03. The topological polar surface area (TPSA) is 81.6 Å². The molecule has 4 N–H and O–H groups in total. The van der Waals surface area contributed by atoms with Crippen LogP contribution in [0.1, 0.15) is 23.7 Å². The number of phenolic OH excluding ortho intramolecular Hbond substituents is 2. The number of hydrogen-bond acceptors (Lipinski definition) is 4. The highest BCUT2D eigenvalue weighted by molar-refractivity contribution is 5.95. The molecule has 2 rings (SSSR count). The summed E-state index contributed by atoms with van der Waals surface area (Å²) in [7, 11) is 0. The van der Waals surface area contributed by atoms with E-state index in [0.717, 1.165) is 19.5 Å². The number of aromatic hydroxyl groups is 2. The quantitative estimate of drug-likeness (QED) is 0.640. The smallest absolute Gasteiger partial charge is 0.251 e. The lowest BCUT2D eigenvalue weighted by Crippen LogP contribution is -2.37. The predicted molar refractivity (Wildman–Crippen MR) is 67.7 cm³/mol. The summed E-state index contributed by atoms with van der Waals surface area (Å²) in [5, 5.41) is 24.7. The third-order valence-corrected chi connectivity index (χ3v) is 3.30. The van der Waals surface area contributed by atoms with Gasteiger partial charge in [-0.3, -0.25) is 4.79 Å². The zero-order chi connectivity index (χ0) is 13.2. The van der Waals surface area contributed by atoms with E-state index < -0.39 is 0 Å². The summed E-state index contributed by atoms with van der Waals surface area (Å²) in [5.74, 6) is -0.517. The Labute approximate surface area is 106 Å². The Morgan fingerprint density at radius 2 is 2.06 bits per heavy atom. The van der Waals surface area contributed by atoms with Gasteiger partial charge in [-0.05, 0) is 30.5 Å². The number of phenols is 2. The van der Waals surface area contributed by atoms with Gasteiger partial charge in [-0.25, -0.2) is 0 Å². The normalized spacial score (nSPS) is 22.9. The average molecular weight is 250 g/mol. The number of carbonyl (C=O) groups is 1. The Bertz CT molecular complexity index is 433. The van der Waals surface area contributed by atoms with Crippen LogP contribution in [0.3, 0.4) is 0 Å². The van der Waals surface area contributed by atoms with Crippen molar-refractivity contribution in [3.63, 3.8) is 0 Å². The van der Waals surface area contributed by atoms with E-state index in [0.29, 0.717) is 6.54 Å². The zero-order valence-electron chi connectivity index (χ0n) is 10.4. The number of carbonyl (C=O) groups excluding carboxylic acids is 1. The van der Waals surface area contributed by atoms with E-state index >= 15 is 0 Å². The number of hydrogen-bond donors (Lipinski definition) is 4. The first-order valence-corrected chi connectivity index (χ1v) is 6.00. The maximum Gasteiger partial charge on any atom is 0.251 e. The molecule has 1 fully saturated rings. The molecule has 1 unspecified atom stereocenters. The first-order chi connectivity index (χ1) is 8.48. The highest BCUT2D eigenvalue weighted by Gasteiger charge is 2.28. The Kier molecular flexibility index (Phi) is 3.43. The van der Waals surface area contributed by atoms with Crippen LogP contribution in [0.2, 0.25) is 0 Å². The first kappa shape index (κ1) is 12.7. The molecular formula is C13H18N2O3. The van der Waals surface area contributed by atoms with E-state index in [1.54, 1.807) is 0 Å². The summed E-state index contributed by atoms with van der Waals surface area (Å²) in [6.45, 7) is 4.56. The third kappa shape index (κ3) is 2.92. The summed E-state index contributed by atoms with van der Waals surface area (Å²) in [6, 6.07) is 3.87. The monoisotopic (exact) mass is 250 g/mol. The van der Waals surface area contributed by atoms with E-state index in [1.807, 2.05) is 0 Å². The number of benzene rings is 1. The second-order valence-electron chi connectivity index (χ2n) is 5.16. The van der Waals surface area contributed by atoms with Gasteiger partial charge in [0.15, 0.2) is 0 Å². The van der Waals surface area contributed by atoms with Gasteiger partial charge < -0.3 is 20.8 Å². The molecule has 5 nitrogen and oxygen atoms in total.